The summed E-state index contributed by atoms with van der Waals surface area (Å²) in [6.07, 6.45) is 3.35. The van der Waals surface area contributed by atoms with E-state index >= 15 is 0 Å². The number of unbranched alkanes of at least 4 members (excludes halogenated alkanes) is 2. The number of hydrogen-bond donors (Lipinski definition) is 0. The monoisotopic (exact) mass is 565 g/mol. The zero-order valence-electron chi connectivity index (χ0n) is 21.3. The number of amides is 1. The number of thiazole rings is 1. The summed E-state index contributed by atoms with van der Waals surface area (Å²) in [5.41, 5.74) is 0.827. The second kappa shape index (κ2) is 13.3. The molecule has 3 rings (SSSR count). The Labute approximate surface area is 226 Å². The summed E-state index contributed by atoms with van der Waals surface area (Å²) in [7, 11) is -3.67. The highest BCUT2D eigenvalue weighted by Gasteiger charge is 2.24. The van der Waals surface area contributed by atoms with Gasteiger partial charge in [-0.25, -0.2) is 8.42 Å². The van der Waals surface area contributed by atoms with Gasteiger partial charge in [0.15, 0.2) is 4.80 Å². The van der Waals surface area contributed by atoms with Crippen LogP contribution in [0.25, 0.3) is 10.2 Å². The maximum Gasteiger partial charge on any atom is 0.326 e. The maximum atomic E-state index is 13.2. The Morgan fingerprint density at radius 1 is 1.03 bits per heavy atom. The van der Waals surface area contributed by atoms with Crippen molar-refractivity contribution < 1.29 is 22.7 Å². The first-order chi connectivity index (χ1) is 17.7. The molecule has 0 saturated heterocycles. The molecule has 11 heteroatoms. The lowest BCUT2D eigenvalue weighted by Crippen LogP contribution is -2.33. The lowest BCUT2D eigenvalue weighted by atomic mass is 10.2. The van der Waals surface area contributed by atoms with Crippen LogP contribution in [0.15, 0.2) is 52.4 Å². The van der Waals surface area contributed by atoms with Crippen LogP contribution in [0.2, 0.25) is 5.02 Å². The van der Waals surface area contributed by atoms with Crippen LogP contribution in [0, 0.1) is 0 Å². The second-order valence-electron chi connectivity index (χ2n) is 8.41. The van der Waals surface area contributed by atoms with Crippen molar-refractivity contribution in [2.75, 3.05) is 19.7 Å². The summed E-state index contributed by atoms with van der Waals surface area (Å²) >= 11 is 7.61. The van der Waals surface area contributed by atoms with E-state index in [4.69, 9.17) is 16.3 Å². The zero-order chi connectivity index (χ0) is 27.0. The molecule has 1 amide bonds. The van der Waals surface area contributed by atoms with E-state index in [-0.39, 0.29) is 23.6 Å². The Bertz CT molecular complexity index is 1400. The molecule has 1 heterocycles. The minimum atomic E-state index is -3.67. The third kappa shape index (κ3) is 7.07. The second-order valence-corrected chi connectivity index (χ2v) is 11.8. The van der Waals surface area contributed by atoms with Crippen LogP contribution in [-0.2, 0) is 26.1 Å². The SMILES string of the molecule is CCCCN(CCCC)S(=O)(=O)c1ccc(C(=O)N=c2sc3cccc(Cl)c3n2CC(=O)OCC)cc1. The molecule has 0 atom stereocenters. The van der Waals surface area contributed by atoms with E-state index in [1.54, 1.807) is 23.6 Å². The van der Waals surface area contributed by atoms with Gasteiger partial charge in [0.05, 0.1) is 26.7 Å². The molecule has 0 N–H and O–H groups in total. The van der Waals surface area contributed by atoms with E-state index < -0.39 is 21.9 Å². The molecule has 0 unspecified atom stereocenters. The lowest BCUT2D eigenvalue weighted by molar-refractivity contribution is -0.143. The molecule has 0 aliphatic carbocycles. The van der Waals surface area contributed by atoms with Gasteiger partial charge < -0.3 is 9.30 Å². The number of para-hydroxylation sites is 1. The fourth-order valence-corrected chi connectivity index (χ4v) is 6.65. The number of aromatic nitrogens is 1. The van der Waals surface area contributed by atoms with Crippen LogP contribution in [0.3, 0.4) is 0 Å². The van der Waals surface area contributed by atoms with Crippen molar-refractivity contribution in [3.8, 4) is 0 Å². The van der Waals surface area contributed by atoms with Crippen molar-refractivity contribution in [1.29, 1.82) is 0 Å². The summed E-state index contributed by atoms with van der Waals surface area (Å²) in [6, 6.07) is 11.1. The van der Waals surface area contributed by atoms with Gasteiger partial charge in [0.1, 0.15) is 6.54 Å². The molecule has 0 bridgehead atoms. The number of fused-ring (bicyclic) bond motifs is 1. The quantitative estimate of drug-likeness (QED) is 0.279. The van der Waals surface area contributed by atoms with Crippen LogP contribution in [0.1, 0.15) is 56.8 Å². The van der Waals surface area contributed by atoms with Crippen LogP contribution < -0.4 is 4.80 Å². The number of rotatable bonds is 12. The van der Waals surface area contributed by atoms with Gasteiger partial charge in [-0.1, -0.05) is 55.7 Å². The molecule has 2 aromatic carbocycles. The van der Waals surface area contributed by atoms with E-state index in [0.717, 1.165) is 30.4 Å². The van der Waals surface area contributed by atoms with Crippen molar-refractivity contribution in [2.45, 2.75) is 57.9 Å². The predicted octanol–water partition coefficient (Wildman–Crippen LogP) is 5.25. The highest BCUT2D eigenvalue weighted by atomic mass is 35.5. The molecule has 37 heavy (non-hydrogen) atoms. The highest BCUT2D eigenvalue weighted by molar-refractivity contribution is 7.89. The predicted molar refractivity (Wildman–Crippen MR) is 146 cm³/mol. The van der Waals surface area contributed by atoms with Gasteiger partial charge in [-0.2, -0.15) is 9.30 Å². The third-order valence-electron chi connectivity index (χ3n) is 5.70. The first-order valence-corrected chi connectivity index (χ1v) is 15.0. The Kier molecular flexibility index (Phi) is 10.5. The van der Waals surface area contributed by atoms with Gasteiger partial charge >= 0.3 is 5.97 Å². The summed E-state index contributed by atoms with van der Waals surface area (Å²) in [6.45, 7) is 6.77. The minimum Gasteiger partial charge on any atom is -0.465 e. The van der Waals surface area contributed by atoms with Crippen molar-refractivity contribution in [3.05, 3.63) is 57.9 Å². The van der Waals surface area contributed by atoms with E-state index in [1.807, 2.05) is 19.9 Å². The van der Waals surface area contributed by atoms with E-state index in [0.29, 0.717) is 28.4 Å². The molecule has 0 aliphatic rings. The number of esters is 1. The van der Waals surface area contributed by atoms with Gasteiger partial charge in [-0.05, 0) is 56.2 Å². The Hall–Kier alpha value is -2.53. The number of halogens is 1. The zero-order valence-corrected chi connectivity index (χ0v) is 23.7. The molecular formula is C26H32ClN3O5S2. The fraction of sp³-hybridized carbons (Fsp3) is 0.423. The smallest absolute Gasteiger partial charge is 0.326 e. The van der Waals surface area contributed by atoms with E-state index in [1.165, 1.54) is 39.9 Å². The standard InChI is InChI=1S/C26H32ClN3O5S2/c1-4-7-16-29(17-8-5-2)37(33,34)20-14-12-19(13-15-20)25(32)28-26-30(18-23(31)35-6-3)24-21(27)10-9-11-22(24)36-26/h9-15H,4-8,16-18H2,1-3H3. The van der Waals surface area contributed by atoms with Gasteiger partial charge in [-0.15, -0.1) is 0 Å². The van der Waals surface area contributed by atoms with Crippen molar-refractivity contribution >= 4 is 55.1 Å². The van der Waals surface area contributed by atoms with Gasteiger partial charge in [0.2, 0.25) is 10.0 Å². The number of carbonyl (C=O) groups is 2. The first kappa shape index (κ1) is 29.0. The molecule has 0 aliphatic heterocycles. The fourth-order valence-electron chi connectivity index (χ4n) is 3.75. The molecule has 0 spiro atoms. The van der Waals surface area contributed by atoms with E-state index in [9.17, 15) is 18.0 Å². The van der Waals surface area contributed by atoms with Crippen LogP contribution in [0.4, 0.5) is 0 Å². The Balaban J connectivity index is 1.94. The van der Waals surface area contributed by atoms with Crippen molar-refractivity contribution in [3.63, 3.8) is 0 Å². The van der Waals surface area contributed by atoms with Crippen LogP contribution >= 0.6 is 22.9 Å². The topological polar surface area (TPSA) is 98.0 Å². The average Bonchev–Trinajstić information content (AvgIpc) is 3.21. The number of carbonyl (C=O) groups excluding carboxylic acids is 2. The van der Waals surface area contributed by atoms with Gasteiger partial charge in [0.25, 0.3) is 5.91 Å². The molecule has 0 radical (unpaired) electrons. The highest BCUT2D eigenvalue weighted by Crippen LogP contribution is 2.25. The third-order valence-corrected chi connectivity index (χ3v) is 8.96. The van der Waals surface area contributed by atoms with Crippen LogP contribution in [0.5, 0.6) is 0 Å². The van der Waals surface area contributed by atoms with Crippen LogP contribution in [-0.4, -0.2) is 48.9 Å². The Morgan fingerprint density at radius 3 is 2.27 bits per heavy atom. The normalized spacial score (nSPS) is 12.4. The summed E-state index contributed by atoms with van der Waals surface area (Å²) in [4.78, 5) is 29.9. The maximum absolute atomic E-state index is 13.2. The number of benzene rings is 2. The molecule has 1 aromatic heterocycles. The molecule has 0 saturated carbocycles. The molecule has 8 nitrogen and oxygen atoms in total. The van der Waals surface area contributed by atoms with E-state index in [2.05, 4.69) is 4.99 Å². The summed E-state index contributed by atoms with van der Waals surface area (Å²) in [5.74, 6) is -1.03. The summed E-state index contributed by atoms with van der Waals surface area (Å²) in [5, 5.41) is 0.428. The number of nitrogens with zero attached hydrogens (tertiary/aromatic N) is 3. The minimum absolute atomic E-state index is 0.141. The molecule has 0 fully saturated rings. The summed E-state index contributed by atoms with van der Waals surface area (Å²) < 4.78 is 35.3. The molecular weight excluding hydrogens is 534 g/mol. The first-order valence-electron chi connectivity index (χ1n) is 12.4. The van der Waals surface area contributed by atoms with Gasteiger partial charge in [0, 0.05) is 18.7 Å². The number of hydrogen-bond acceptors (Lipinski definition) is 6. The average molecular weight is 566 g/mol. The largest absolute Gasteiger partial charge is 0.465 e. The number of ether oxygens (including phenoxy) is 1. The Morgan fingerprint density at radius 2 is 1.68 bits per heavy atom. The molecule has 3 aromatic rings. The number of sulfonamides is 1. The van der Waals surface area contributed by atoms with Crippen molar-refractivity contribution in [2.24, 2.45) is 4.99 Å². The lowest BCUT2D eigenvalue weighted by Gasteiger charge is -2.22. The van der Waals surface area contributed by atoms with Gasteiger partial charge in [-0.3, -0.25) is 9.59 Å². The molecule has 200 valence electrons. The van der Waals surface area contributed by atoms with Crippen molar-refractivity contribution in [1.82, 2.24) is 8.87 Å².